The van der Waals surface area contributed by atoms with Crippen molar-refractivity contribution in [2.45, 2.75) is 33.2 Å². The van der Waals surface area contributed by atoms with Gasteiger partial charge in [0.1, 0.15) is 12.3 Å². The summed E-state index contributed by atoms with van der Waals surface area (Å²) in [4.78, 5) is 27.7. The number of anilines is 1. The van der Waals surface area contributed by atoms with E-state index in [-0.39, 0.29) is 11.8 Å². The number of carbonyl (C=O) groups is 2. The average Bonchev–Trinajstić information content (AvgIpc) is 3.03. The smallest absolute Gasteiger partial charge is 0.305 e. The molecule has 162 valence electrons. The fourth-order valence-corrected chi connectivity index (χ4v) is 4.21. The van der Waals surface area contributed by atoms with Crippen molar-refractivity contribution in [2.75, 3.05) is 44.7 Å². The molecule has 2 heterocycles. The third-order valence-electron chi connectivity index (χ3n) is 5.97. The molecule has 1 aromatic carbocycles. The Balaban J connectivity index is 1.56. The fourth-order valence-electron chi connectivity index (χ4n) is 4.21. The van der Waals surface area contributed by atoms with E-state index in [0.717, 1.165) is 48.8 Å². The quantitative estimate of drug-likeness (QED) is 0.504. The molecule has 1 aliphatic rings. The molecule has 1 fully saturated rings. The maximum atomic E-state index is 13.0. The fraction of sp³-hybridized carbons (Fsp3) is 0.478. The number of methoxy groups -OCH3 is 1. The Bertz CT molecular complexity index is 898. The van der Waals surface area contributed by atoms with E-state index in [1.54, 1.807) is 6.07 Å². The normalized spacial score (nSPS) is 14.7. The number of piperazine rings is 1. The van der Waals surface area contributed by atoms with E-state index in [9.17, 15) is 14.7 Å². The Morgan fingerprint density at radius 2 is 1.87 bits per heavy atom. The van der Waals surface area contributed by atoms with Crippen molar-refractivity contribution in [3.05, 3.63) is 47.3 Å². The molecule has 1 aliphatic heterocycles. The summed E-state index contributed by atoms with van der Waals surface area (Å²) >= 11 is 0. The first kappa shape index (κ1) is 21.9. The maximum Gasteiger partial charge on any atom is 0.305 e. The van der Waals surface area contributed by atoms with Crippen LogP contribution in [0.4, 0.5) is 5.69 Å². The van der Waals surface area contributed by atoms with E-state index in [2.05, 4.69) is 9.47 Å². The summed E-state index contributed by atoms with van der Waals surface area (Å²) in [7, 11) is 1.40. The number of phenols is 1. The number of ketones is 1. The number of phenolic OH excluding ortho intramolecular Hbond substituents is 1. The minimum atomic E-state index is -0.208. The van der Waals surface area contributed by atoms with Crippen LogP contribution in [-0.4, -0.2) is 61.3 Å². The van der Waals surface area contributed by atoms with Gasteiger partial charge in [-0.15, -0.1) is 0 Å². The first-order valence-corrected chi connectivity index (χ1v) is 10.5. The Morgan fingerprint density at radius 3 is 2.53 bits per heavy atom. The summed E-state index contributed by atoms with van der Waals surface area (Å²) < 4.78 is 6.81. The van der Waals surface area contributed by atoms with E-state index in [0.29, 0.717) is 31.7 Å². The number of hydrogen-bond donors (Lipinski definition) is 2. The molecule has 1 saturated heterocycles. The van der Waals surface area contributed by atoms with E-state index in [1.165, 1.54) is 12.0 Å². The van der Waals surface area contributed by atoms with E-state index < -0.39 is 0 Å². The highest BCUT2D eigenvalue weighted by Gasteiger charge is 2.25. The van der Waals surface area contributed by atoms with Crippen LogP contribution < -0.4 is 9.80 Å². The van der Waals surface area contributed by atoms with Crippen molar-refractivity contribution in [3.8, 4) is 5.75 Å². The van der Waals surface area contributed by atoms with Crippen LogP contribution in [0.25, 0.3) is 0 Å². The molecule has 0 aliphatic carbocycles. The van der Waals surface area contributed by atoms with E-state index in [4.69, 9.17) is 4.74 Å². The number of aromatic nitrogens is 1. The number of aromatic hydroxyl groups is 1. The number of aryl methyl sites for hydroxylation is 1. The minimum absolute atomic E-state index is 0.160. The molecule has 7 heteroatoms. The molecule has 0 radical (unpaired) electrons. The van der Waals surface area contributed by atoms with Crippen LogP contribution in [0, 0.1) is 13.8 Å². The molecule has 0 amide bonds. The number of Topliss-reactive ketones (excluding diaryl/α,β-unsaturated/α-hetero) is 1. The molecule has 0 atom stereocenters. The molecular weight excluding hydrogens is 382 g/mol. The van der Waals surface area contributed by atoms with Gasteiger partial charge in [0.15, 0.2) is 0 Å². The molecule has 2 N–H and O–H groups in total. The lowest BCUT2D eigenvalue weighted by atomic mass is 10.1. The Labute approximate surface area is 177 Å². The molecule has 0 saturated carbocycles. The highest BCUT2D eigenvalue weighted by atomic mass is 16.5. The highest BCUT2D eigenvalue weighted by molar-refractivity contribution is 5.98. The Kier molecular flexibility index (Phi) is 7.15. The van der Waals surface area contributed by atoms with Crippen molar-refractivity contribution >= 4 is 17.4 Å². The second-order valence-electron chi connectivity index (χ2n) is 7.94. The molecule has 2 aromatic rings. The second kappa shape index (κ2) is 9.80. The monoisotopic (exact) mass is 414 g/mol. The number of quaternary nitrogens is 1. The summed E-state index contributed by atoms with van der Waals surface area (Å²) in [5, 5.41) is 10.1. The third-order valence-corrected chi connectivity index (χ3v) is 5.97. The molecule has 30 heavy (non-hydrogen) atoms. The van der Waals surface area contributed by atoms with Crippen molar-refractivity contribution < 1.29 is 24.3 Å². The average molecular weight is 415 g/mol. The lowest BCUT2D eigenvalue weighted by Crippen LogP contribution is -3.15. The summed E-state index contributed by atoms with van der Waals surface area (Å²) in [6.45, 7) is 8.49. The predicted octanol–water partition coefficient (Wildman–Crippen LogP) is 1.35. The van der Waals surface area contributed by atoms with Gasteiger partial charge >= 0.3 is 5.97 Å². The van der Waals surface area contributed by atoms with Crippen LogP contribution in [0.1, 0.15) is 34.6 Å². The summed E-state index contributed by atoms with van der Waals surface area (Å²) in [6, 6.07) is 9.36. The van der Waals surface area contributed by atoms with Crippen LogP contribution in [-0.2, 0) is 16.1 Å². The highest BCUT2D eigenvalue weighted by Crippen LogP contribution is 2.26. The minimum Gasteiger partial charge on any atom is -0.506 e. The number of benzene rings is 1. The lowest BCUT2D eigenvalue weighted by Gasteiger charge is -2.33. The van der Waals surface area contributed by atoms with Gasteiger partial charge in [0.25, 0.3) is 0 Å². The largest absolute Gasteiger partial charge is 0.506 e. The number of hydrogen-bond acceptors (Lipinski definition) is 5. The first-order chi connectivity index (χ1) is 14.4. The zero-order valence-electron chi connectivity index (χ0n) is 18.1. The lowest BCUT2D eigenvalue weighted by molar-refractivity contribution is -0.892. The van der Waals surface area contributed by atoms with Gasteiger partial charge in [-0.25, -0.2) is 0 Å². The van der Waals surface area contributed by atoms with Crippen LogP contribution >= 0.6 is 0 Å². The summed E-state index contributed by atoms with van der Waals surface area (Å²) in [5.74, 6) is 0.255. The SMILES string of the molecule is COC(=O)CCCn1c(C)cc(C(=O)C[NH+]2CCN(c3ccccc3O)CC2)c1C. The topological polar surface area (TPSA) is 76.2 Å². The van der Waals surface area contributed by atoms with Gasteiger partial charge in [0, 0.05) is 29.9 Å². The molecule has 3 rings (SSSR count). The number of esters is 1. The van der Waals surface area contributed by atoms with Crippen LogP contribution in [0.5, 0.6) is 5.75 Å². The predicted molar refractivity (Wildman–Crippen MR) is 115 cm³/mol. The zero-order chi connectivity index (χ0) is 21.7. The van der Waals surface area contributed by atoms with Crippen LogP contribution in [0.2, 0.25) is 0 Å². The Morgan fingerprint density at radius 1 is 1.17 bits per heavy atom. The number of para-hydroxylation sites is 2. The van der Waals surface area contributed by atoms with Gasteiger partial charge in [0.2, 0.25) is 5.78 Å². The van der Waals surface area contributed by atoms with Gasteiger partial charge in [-0.3, -0.25) is 9.59 Å². The van der Waals surface area contributed by atoms with Gasteiger partial charge in [0.05, 0.1) is 39.0 Å². The van der Waals surface area contributed by atoms with Crippen molar-refractivity contribution in [2.24, 2.45) is 0 Å². The molecule has 0 bridgehead atoms. The molecule has 7 nitrogen and oxygen atoms in total. The number of ether oxygens (including phenoxy) is 1. The van der Waals surface area contributed by atoms with Crippen molar-refractivity contribution in [1.29, 1.82) is 0 Å². The standard InChI is InChI=1S/C23H31N3O4/c1-17-15-19(18(2)26(17)10-6-9-23(29)30-3)22(28)16-24-11-13-25(14-12-24)20-7-4-5-8-21(20)27/h4-5,7-8,15,27H,6,9-14,16H2,1-3H3/p+1. The number of nitrogens with one attached hydrogen (secondary N) is 1. The zero-order valence-corrected chi connectivity index (χ0v) is 18.1. The first-order valence-electron chi connectivity index (χ1n) is 10.5. The van der Waals surface area contributed by atoms with Crippen LogP contribution in [0.15, 0.2) is 30.3 Å². The molecule has 0 unspecified atom stereocenters. The summed E-state index contributed by atoms with van der Waals surface area (Å²) in [5.41, 5.74) is 3.65. The van der Waals surface area contributed by atoms with Crippen molar-refractivity contribution in [1.82, 2.24) is 4.57 Å². The summed E-state index contributed by atoms with van der Waals surface area (Å²) in [6.07, 6.45) is 1.07. The molecule has 1 aromatic heterocycles. The second-order valence-corrected chi connectivity index (χ2v) is 7.94. The van der Waals surface area contributed by atoms with E-state index >= 15 is 0 Å². The van der Waals surface area contributed by atoms with Gasteiger partial charge < -0.3 is 24.2 Å². The van der Waals surface area contributed by atoms with E-state index in [1.807, 2.05) is 38.1 Å². The Hall–Kier alpha value is -2.80. The van der Waals surface area contributed by atoms with Gasteiger partial charge in [-0.1, -0.05) is 12.1 Å². The number of rotatable bonds is 8. The van der Waals surface area contributed by atoms with Gasteiger partial charge in [-0.2, -0.15) is 0 Å². The number of nitrogens with zero attached hydrogens (tertiary/aromatic N) is 2. The molecular formula is C23H32N3O4+. The van der Waals surface area contributed by atoms with Gasteiger partial charge in [-0.05, 0) is 38.5 Å². The van der Waals surface area contributed by atoms with Crippen LogP contribution in [0.3, 0.4) is 0 Å². The number of carbonyl (C=O) groups excluding carboxylic acids is 2. The van der Waals surface area contributed by atoms with Crippen molar-refractivity contribution in [3.63, 3.8) is 0 Å². The third kappa shape index (κ3) is 5.02. The maximum absolute atomic E-state index is 13.0. The molecule has 0 spiro atoms.